The van der Waals surface area contributed by atoms with Crippen LogP contribution in [0.5, 0.6) is 5.75 Å². The highest BCUT2D eigenvalue weighted by atomic mass is 16.5. The molecule has 5 nitrogen and oxygen atoms in total. The molecule has 4 rings (SSSR count). The minimum Gasteiger partial charge on any atom is -0.497 e. The SMILES string of the molecule is COc1ccc(-c2cc(CN3CCN(Cc4ccccc4)CC3)on2)cc1. The summed E-state index contributed by atoms with van der Waals surface area (Å²) >= 11 is 0. The first-order valence-corrected chi connectivity index (χ1v) is 9.39. The van der Waals surface area contributed by atoms with Crippen molar-refractivity contribution in [2.45, 2.75) is 13.1 Å². The minimum absolute atomic E-state index is 0.808. The van der Waals surface area contributed by atoms with Gasteiger partial charge >= 0.3 is 0 Å². The zero-order chi connectivity index (χ0) is 18.5. The highest BCUT2D eigenvalue weighted by Gasteiger charge is 2.18. The molecule has 2 aromatic carbocycles. The van der Waals surface area contributed by atoms with Gasteiger partial charge in [0.05, 0.1) is 13.7 Å². The second kappa shape index (κ2) is 8.37. The molecule has 1 aliphatic rings. The van der Waals surface area contributed by atoms with Crippen LogP contribution < -0.4 is 4.74 Å². The number of benzene rings is 2. The third-order valence-electron chi connectivity index (χ3n) is 5.04. The van der Waals surface area contributed by atoms with Gasteiger partial charge in [0, 0.05) is 44.4 Å². The summed E-state index contributed by atoms with van der Waals surface area (Å²) in [5.41, 5.74) is 3.29. The lowest BCUT2D eigenvalue weighted by Gasteiger charge is -2.34. The van der Waals surface area contributed by atoms with Crippen molar-refractivity contribution >= 4 is 0 Å². The number of methoxy groups -OCH3 is 1. The number of ether oxygens (including phenoxy) is 1. The van der Waals surface area contributed by atoms with E-state index in [-0.39, 0.29) is 0 Å². The van der Waals surface area contributed by atoms with Crippen LogP contribution in [0.2, 0.25) is 0 Å². The van der Waals surface area contributed by atoms with Crippen LogP contribution in [0.15, 0.2) is 65.2 Å². The van der Waals surface area contributed by atoms with Gasteiger partial charge in [0.2, 0.25) is 0 Å². The Morgan fingerprint density at radius 1 is 0.889 bits per heavy atom. The van der Waals surface area contributed by atoms with E-state index in [4.69, 9.17) is 9.26 Å². The molecule has 1 aliphatic heterocycles. The van der Waals surface area contributed by atoms with Gasteiger partial charge in [-0.3, -0.25) is 9.80 Å². The van der Waals surface area contributed by atoms with E-state index in [2.05, 4.69) is 45.3 Å². The summed E-state index contributed by atoms with van der Waals surface area (Å²) in [6.45, 7) is 6.08. The third-order valence-corrected chi connectivity index (χ3v) is 5.04. The molecule has 0 atom stereocenters. The molecule has 0 bridgehead atoms. The van der Waals surface area contributed by atoms with E-state index >= 15 is 0 Å². The molecule has 0 spiro atoms. The molecule has 5 heteroatoms. The van der Waals surface area contributed by atoms with Crippen molar-refractivity contribution in [2.24, 2.45) is 0 Å². The van der Waals surface area contributed by atoms with E-state index in [0.717, 1.165) is 62.0 Å². The summed E-state index contributed by atoms with van der Waals surface area (Å²) in [4.78, 5) is 4.94. The maximum Gasteiger partial charge on any atom is 0.151 e. The Bertz CT molecular complexity index is 838. The molecule has 1 aromatic heterocycles. The van der Waals surface area contributed by atoms with Gasteiger partial charge in [-0.2, -0.15) is 0 Å². The quantitative estimate of drug-likeness (QED) is 0.668. The predicted molar refractivity (Wildman–Crippen MR) is 105 cm³/mol. The molecule has 0 aliphatic carbocycles. The fourth-order valence-corrected chi connectivity index (χ4v) is 3.45. The number of hydrogen-bond donors (Lipinski definition) is 0. The van der Waals surface area contributed by atoms with E-state index in [0.29, 0.717) is 0 Å². The molecule has 140 valence electrons. The van der Waals surface area contributed by atoms with Crippen molar-refractivity contribution in [1.29, 1.82) is 0 Å². The van der Waals surface area contributed by atoms with Gasteiger partial charge < -0.3 is 9.26 Å². The number of aromatic nitrogens is 1. The summed E-state index contributed by atoms with van der Waals surface area (Å²) in [5.74, 6) is 1.76. The Morgan fingerprint density at radius 2 is 1.56 bits per heavy atom. The van der Waals surface area contributed by atoms with Crippen molar-refractivity contribution in [1.82, 2.24) is 15.0 Å². The van der Waals surface area contributed by atoms with Crippen molar-refractivity contribution in [3.8, 4) is 17.0 Å². The zero-order valence-corrected chi connectivity index (χ0v) is 15.7. The van der Waals surface area contributed by atoms with Gasteiger partial charge in [0.1, 0.15) is 11.4 Å². The molecule has 1 saturated heterocycles. The molecule has 0 saturated carbocycles. The van der Waals surface area contributed by atoms with Crippen molar-refractivity contribution in [3.05, 3.63) is 72.0 Å². The van der Waals surface area contributed by atoms with E-state index in [9.17, 15) is 0 Å². The molecule has 2 heterocycles. The Balaban J connectivity index is 1.30. The Hall–Kier alpha value is -2.63. The Morgan fingerprint density at radius 3 is 2.22 bits per heavy atom. The van der Waals surface area contributed by atoms with Crippen LogP contribution in [-0.2, 0) is 13.1 Å². The zero-order valence-electron chi connectivity index (χ0n) is 15.7. The van der Waals surface area contributed by atoms with Crippen LogP contribution in [0.4, 0.5) is 0 Å². The minimum atomic E-state index is 0.808. The fourth-order valence-electron chi connectivity index (χ4n) is 3.45. The second-order valence-corrected chi connectivity index (χ2v) is 6.94. The van der Waals surface area contributed by atoms with Gasteiger partial charge in [-0.05, 0) is 29.8 Å². The van der Waals surface area contributed by atoms with E-state index in [1.54, 1.807) is 7.11 Å². The number of nitrogens with zero attached hydrogens (tertiary/aromatic N) is 3. The van der Waals surface area contributed by atoms with E-state index in [1.165, 1.54) is 5.56 Å². The molecule has 0 N–H and O–H groups in total. The Kier molecular flexibility index (Phi) is 5.51. The van der Waals surface area contributed by atoms with Crippen LogP contribution in [0.3, 0.4) is 0 Å². The standard InChI is InChI=1S/C22H25N3O2/c1-26-20-9-7-19(8-10-20)22-15-21(27-23-22)17-25-13-11-24(12-14-25)16-18-5-3-2-4-6-18/h2-10,15H,11-14,16-17H2,1H3. The maximum absolute atomic E-state index is 5.56. The molecule has 0 amide bonds. The van der Waals surface area contributed by atoms with Crippen LogP contribution in [0, 0.1) is 0 Å². The topological polar surface area (TPSA) is 41.7 Å². The first-order valence-electron chi connectivity index (χ1n) is 9.39. The molecule has 0 radical (unpaired) electrons. The summed E-state index contributed by atoms with van der Waals surface area (Å²) in [6.07, 6.45) is 0. The van der Waals surface area contributed by atoms with Gasteiger partial charge in [0.15, 0.2) is 5.76 Å². The molecule has 1 fully saturated rings. The summed E-state index contributed by atoms with van der Waals surface area (Å²) in [5, 5.41) is 4.23. The maximum atomic E-state index is 5.56. The van der Waals surface area contributed by atoms with E-state index < -0.39 is 0 Å². The predicted octanol–water partition coefficient (Wildman–Crippen LogP) is 3.67. The lowest BCUT2D eigenvalue weighted by Crippen LogP contribution is -2.45. The highest BCUT2D eigenvalue weighted by molar-refractivity contribution is 5.59. The molecule has 0 unspecified atom stereocenters. The largest absolute Gasteiger partial charge is 0.497 e. The smallest absolute Gasteiger partial charge is 0.151 e. The van der Waals surface area contributed by atoms with Crippen molar-refractivity contribution in [3.63, 3.8) is 0 Å². The van der Waals surface area contributed by atoms with Crippen LogP contribution in [0.25, 0.3) is 11.3 Å². The van der Waals surface area contributed by atoms with Crippen molar-refractivity contribution < 1.29 is 9.26 Å². The Labute approximate surface area is 160 Å². The van der Waals surface area contributed by atoms with Gasteiger partial charge in [0.25, 0.3) is 0 Å². The normalized spacial score (nSPS) is 15.7. The first kappa shape index (κ1) is 17.8. The van der Waals surface area contributed by atoms with Crippen LogP contribution >= 0.6 is 0 Å². The summed E-state index contributed by atoms with van der Waals surface area (Å²) in [7, 11) is 1.67. The average molecular weight is 363 g/mol. The van der Waals surface area contributed by atoms with Crippen LogP contribution in [-0.4, -0.2) is 48.2 Å². The number of piperazine rings is 1. The van der Waals surface area contributed by atoms with Crippen LogP contribution in [0.1, 0.15) is 11.3 Å². The fraction of sp³-hybridized carbons (Fsp3) is 0.318. The molecular weight excluding hydrogens is 338 g/mol. The van der Waals surface area contributed by atoms with E-state index in [1.807, 2.05) is 30.3 Å². The lowest BCUT2D eigenvalue weighted by molar-refractivity contribution is 0.114. The summed E-state index contributed by atoms with van der Waals surface area (Å²) in [6, 6.07) is 20.6. The van der Waals surface area contributed by atoms with Gasteiger partial charge in [-0.1, -0.05) is 35.5 Å². The van der Waals surface area contributed by atoms with Gasteiger partial charge in [-0.25, -0.2) is 0 Å². The first-order chi connectivity index (χ1) is 13.3. The lowest BCUT2D eigenvalue weighted by atomic mass is 10.1. The second-order valence-electron chi connectivity index (χ2n) is 6.94. The molecule has 27 heavy (non-hydrogen) atoms. The monoisotopic (exact) mass is 363 g/mol. The average Bonchev–Trinajstić information content (AvgIpc) is 3.19. The number of hydrogen-bond acceptors (Lipinski definition) is 5. The summed E-state index contributed by atoms with van der Waals surface area (Å²) < 4.78 is 10.8. The van der Waals surface area contributed by atoms with Crippen molar-refractivity contribution in [2.75, 3.05) is 33.3 Å². The molecule has 3 aromatic rings. The van der Waals surface area contributed by atoms with Gasteiger partial charge in [-0.15, -0.1) is 0 Å². The third kappa shape index (κ3) is 4.56. The molecular formula is C22H25N3O2. The highest BCUT2D eigenvalue weighted by Crippen LogP contribution is 2.23. The number of rotatable bonds is 6.